The summed E-state index contributed by atoms with van der Waals surface area (Å²) in [5, 5.41) is 0. The number of fused-ring (bicyclic) bond motifs is 3. The van der Waals surface area contributed by atoms with E-state index < -0.39 is 21.3 Å². The summed E-state index contributed by atoms with van der Waals surface area (Å²) in [5.74, 6) is 0. The maximum absolute atomic E-state index is 2.76. The zero-order valence-electron chi connectivity index (χ0n) is 27.4. The van der Waals surface area contributed by atoms with Gasteiger partial charge in [0.05, 0.1) is 0 Å². The summed E-state index contributed by atoms with van der Waals surface area (Å²) in [5.41, 5.74) is 14.6. The van der Waals surface area contributed by atoms with Gasteiger partial charge in [0.25, 0.3) is 0 Å². The Balaban J connectivity index is 0.00000221. The largest absolute Gasteiger partial charge is 1.00 e. The summed E-state index contributed by atoms with van der Waals surface area (Å²) in [6.07, 6.45) is 9.28. The fourth-order valence-electron chi connectivity index (χ4n) is 6.79. The normalized spacial score (nSPS) is 13.2. The van der Waals surface area contributed by atoms with Gasteiger partial charge < -0.3 is 24.8 Å². The molecule has 0 aliphatic heterocycles. The summed E-state index contributed by atoms with van der Waals surface area (Å²) < 4.78 is 5.01. The smallest absolute Gasteiger partial charge is 1.00 e. The van der Waals surface area contributed by atoms with Crippen LogP contribution < -0.4 is 28.1 Å². The number of halogens is 2. The van der Waals surface area contributed by atoms with Gasteiger partial charge in [-0.2, -0.15) is 0 Å². The van der Waals surface area contributed by atoms with E-state index in [1.54, 1.807) is 20.9 Å². The van der Waals surface area contributed by atoms with Crippen molar-refractivity contribution >= 4 is 6.48 Å². The third-order valence-corrected chi connectivity index (χ3v) is 16.7. The van der Waals surface area contributed by atoms with Crippen molar-refractivity contribution in [1.82, 2.24) is 0 Å². The van der Waals surface area contributed by atoms with Gasteiger partial charge in [-0.15, -0.1) is 0 Å². The average molecular weight is 699 g/mol. The van der Waals surface area contributed by atoms with E-state index in [9.17, 15) is 0 Å². The van der Waals surface area contributed by atoms with Gasteiger partial charge >= 0.3 is 263 Å². The van der Waals surface area contributed by atoms with Crippen molar-refractivity contribution in [3.63, 3.8) is 0 Å². The Labute approximate surface area is 285 Å². The molecule has 4 aromatic rings. The van der Waals surface area contributed by atoms with Crippen LogP contribution in [-0.4, -0.2) is 3.21 Å². The molecule has 0 saturated heterocycles. The molecule has 0 aromatic heterocycles. The summed E-state index contributed by atoms with van der Waals surface area (Å²) in [7, 11) is 0. The first kappa shape index (κ1) is 34.6. The second-order valence-electron chi connectivity index (χ2n) is 14.4. The summed E-state index contributed by atoms with van der Waals surface area (Å²) >= 11 is -2.76. The van der Waals surface area contributed by atoms with E-state index in [0.717, 1.165) is 12.8 Å². The predicted octanol–water partition coefficient (Wildman–Crippen LogP) is 3.83. The third kappa shape index (κ3) is 6.63. The minimum Gasteiger partial charge on any atom is -1.00 e. The Morgan fingerprint density at radius 3 is 1.82 bits per heavy atom. The van der Waals surface area contributed by atoms with Crippen LogP contribution in [0, 0.1) is 13.8 Å². The van der Waals surface area contributed by atoms with Gasteiger partial charge in [0.2, 0.25) is 0 Å². The van der Waals surface area contributed by atoms with Crippen LogP contribution in [0.5, 0.6) is 0 Å². The van der Waals surface area contributed by atoms with E-state index in [1.807, 2.05) is 0 Å². The van der Waals surface area contributed by atoms with Crippen LogP contribution in [0.3, 0.4) is 0 Å². The van der Waals surface area contributed by atoms with Gasteiger partial charge in [0, 0.05) is 0 Å². The number of benzene rings is 4. The number of rotatable bonds is 4. The summed E-state index contributed by atoms with van der Waals surface area (Å²) in [6, 6.07) is 30.8. The number of aryl methyl sites for hydroxylation is 2. The molecule has 0 bridgehead atoms. The van der Waals surface area contributed by atoms with Crippen molar-refractivity contribution in [1.29, 1.82) is 0 Å². The molecule has 44 heavy (non-hydrogen) atoms. The van der Waals surface area contributed by atoms with E-state index >= 15 is 0 Å². The zero-order valence-corrected chi connectivity index (χ0v) is 31.4. The monoisotopic (exact) mass is 696 g/mol. The van der Waals surface area contributed by atoms with Crippen molar-refractivity contribution in [3.8, 4) is 11.1 Å². The van der Waals surface area contributed by atoms with Gasteiger partial charge in [-0.1, -0.05) is 0 Å². The maximum Gasteiger partial charge on any atom is -1.00 e. The Bertz CT molecular complexity index is 1760. The Hall–Kier alpha value is -2.31. The van der Waals surface area contributed by atoms with Crippen molar-refractivity contribution in [2.45, 2.75) is 79.1 Å². The maximum atomic E-state index is 2.50. The van der Waals surface area contributed by atoms with E-state index in [4.69, 9.17) is 0 Å². The standard InChI is InChI=1S/C21H25.C15H14.C5H5.2ClH.Zr/c1-20(2,3)16-7-9-18-14(12-16)11-15-13-17(21(4,5)6)8-10-19(15)18;1-12-5-3-7-14(9-12)11-15-8-4-6-13(2)10-15;1-2-4-5-3-1;;;/h7-10,12H,11H2,1-6H3;3-10H,1-2H3;1-3H,4H2;2*1H;/q;;;;;+2/p-2. The molecule has 0 atom stereocenters. The van der Waals surface area contributed by atoms with E-state index in [1.165, 1.54) is 44.5 Å². The molecule has 0 radical (unpaired) electrons. The van der Waals surface area contributed by atoms with Crippen LogP contribution in [0.15, 0.2) is 100 Å². The van der Waals surface area contributed by atoms with Gasteiger partial charge in [0.15, 0.2) is 0 Å². The molecule has 226 valence electrons. The topological polar surface area (TPSA) is 0 Å². The molecule has 0 saturated carbocycles. The molecule has 0 amide bonds. The van der Waals surface area contributed by atoms with E-state index in [0.29, 0.717) is 0 Å². The molecule has 0 spiro atoms. The van der Waals surface area contributed by atoms with Gasteiger partial charge in [-0.05, 0) is 0 Å². The van der Waals surface area contributed by atoms with Crippen molar-refractivity contribution in [2.75, 3.05) is 0 Å². The third-order valence-electron chi connectivity index (χ3n) is 8.96. The first-order chi connectivity index (χ1) is 19.9. The molecule has 0 heterocycles. The first-order valence-electron chi connectivity index (χ1n) is 15.5. The van der Waals surface area contributed by atoms with Crippen LogP contribution in [0.1, 0.15) is 92.5 Å². The fourth-order valence-corrected chi connectivity index (χ4v) is 15.7. The van der Waals surface area contributed by atoms with Crippen molar-refractivity contribution < 1.29 is 46.1 Å². The molecule has 0 nitrogen and oxygen atoms in total. The molecule has 3 heteroatoms. The number of hydrogen-bond donors (Lipinski definition) is 0. The van der Waals surface area contributed by atoms with Gasteiger partial charge in [-0.25, -0.2) is 0 Å². The Morgan fingerprint density at radius 1 is 0.682 bits per heavy atom. The molecule has 0 fully saturated rings. The molecule has 0 N–H and O–H groups in total. The molecule has 6 rings (SSSR count). The van der Waals surface area contributed by atoms with Crippen molar-refractivity contribution in [2.24, 2.45) is 0 Å². The van der Waals surface area contributed by atoms with Crippen molar-refractivity contribution in [3.05, 3.63) is 145 Å². The minimum absolute atomic E-state index is 0. The summed E-state index contributed by atoms with van der Waals surface area (Å²) in [6.45, 7) is 18.7. The summed E-state index contributed by atoms with van der Waals surface area (Å²) in [4.78, 5) is 0. The first-order valence-corrected chi connectivity index (χ1v) is 19.2. The van der Waals surface area contributed by atoms with Gasteiger partial charge in [-0.3, -0.25) is 0 Å². The van der Waals surface area contributed by atoms with Crippen LogP contribution in [-0.2, 0) is 38.5 Å². The number of hydrogen-bond acceptors (Lipinski definition) is 0. The SMILES string of the molecule is Cc1cccc([C](c2cccc(C)c2)=[Zr+2]([C]2=CC=CC2)[c]2c(C(C)(C)C)ccc3c2Cc2cc(C(C)(C)C)ccc2-3)c1.[Cl-].[Cl-]. The predicted molar refractivity (Wildman–Crippen MR) is 179 cm³/mol. The second-order valence-corrected chi connectivity index (χ2v) is 20.3. The zero-order chi connectivity index (χ0) is 29.8. The molecule has 2 aliphatic rings. The molecular weight excluding hydrogens is 655 g/mol. The van der Waals surface area contributed by atoms with Crippen LogP contribution in [0.4, 0.5) is 0 Å². The number of allylic oxidation sites excluding steroid dienone is 4. The van der Waals surface area contributed by atoms with Crippen LogP contribution >= 0.6 is 0 Å². The quantitative estimate of drug-likeness (QED) is 0.268. The van der Waals surface area contributed by atoms with Gasteiger partial charge in [0.1, 0.15) is 0 Å². The van der Waals surface area contributed by atoms with E-state index in [2.05, 4.69) is 152 Å². The molecule has 0 unspecified atom stereocenters. The van der Waals surface area contributed by atoms with Crippen LogP contribution in [0.25, 0.3) is 11.1 Å². The fraction of sp³-hybridized carbons (Fsp3) is 0.293. The second kappa shape index (κ2) is 13.2. The van der Waals surface area contributed by atoms with E-state index in [-0.39, 0.29) is 35.6 Å². The molecular formula is C41H44Cl2Zr. The Kier molecular flexibility index (Phi) is 10.4. The molecule has 4 aromatic carbocycles. The Morgan fingerprint density at radius 2 is 1.30 bits per heavy atom. The molecule has 2 aliphatic carbocycles. The average Bonchev–Trinajstić information content (AvgIpc) is 3.58. The minimum atomic E-state index is -2.76. The van der Waals surface area contributed by atoms with Crippen LogP contribution in [0.2, 0.25) is 0 Å².